The van der Waals surface area contributed by atoms with Crippen molar-refractivity contribution in [2.45, 2.75) is 18.6 Å². The molecule has 0 aromatic rings. The smallest absolute Gasteiger partial charge is 0.341 e. The minimum absolute atomic E-state index is 0.145. The van der Waals surface area contributed by atoms with Crippen LogP contribution in [0.4, 0.5) is 4.79 Å². The van der Waals surface area contributed by atoms with Gasteiger partial charge in [-0.15, -0.1) is 0 Å². The molecule has 1 aliphatic rings. The summed E-state index contributed by atoms with van der Waals surface area (Å²) < 4.78 is 0. The Morgan fingerprint density at radius 2 is 2.46 bits per heavy atom. The number of hydroxylamine groups is 1. The minimum atomic E-state index is -0.556. The molecular weight excluding hydrogens is 176 g/mol. The van der Waals surface area contributed by atoms with Crippen molar-refractivity contribution in [3.05, 3.63) is 0 Å². The van der Waals surface area contributed by atoms with Crippen molar-refractivity contribution in [3.8, 4) is 0 Å². The minimum Gasteiger partial charge on any atom is -0.394 e. The first kappa shape index (κ1) is 10.2. The van der Waals surface area contributed by atoms with E-state index in [-0.39, 0.29) is 19.2 Å². The Morgan fingerprint density at radius 1 is 1.77 bits per heavy atom. The van der Waals surface area contributed by atoms with E-state index in [1.807, 2.05) is 0 Å². The van der Waals surface area contributed by atoms with Crippen LogP contribution in [0.5, 0.6) is 0 Å². The van der Waals surface area contributed by atoms with E-state index in [4.69, 9.17) is 5.11 Å². The average molecular weight is 190 g/mol. The van der Waals surface area contributed by atoms with E-state index in [1.54, 1.807) is 0 Å². The molecule has 13 heavy (non-hydrogen) atoms. The standard InChI is InChI=1S/C7H14N2O4/c1-13-8-7(12)9-3-6(11)2-5(9)4-10/h5-6,10-11H,2-4H2,1H3,(H,8,12)/t5-,6-/m0/s1. The van der Waals surface area contributed by atoms with Gasteiger partial charge in [-0.25, -0.2) is 10.3 Å². The number of aliphatic hydroxyl groups excluding tert-OH is 2. The van der Waals surface area contributed by atoms with E-state index in [1.165, 1.54) is 12.0 Å². The van der Waals surface area contributed by atoms with E-state index >= 15 is 0 Å². The molecule has 2 amide bonds. The zero-order chi connectivity index (χ0) is 9.84. The zero-order valence-corrected chi connectivity index (χ0v) is 7.43. The van der Waals surface area contributed by atoms with Crippen LogP contribution in [-0.2, 0) is 4.84 Å². The lowest BCUT2D eigenvalue weighted by Crippen LogP contribution is -2.44. The molecule has 0 bridgehead atoms. The van der Waals surface area contributed by atoms with Crippen molar-refractivity contribution in [1.29, 1.82) is 0 Å². The number of carbonyl (C=O) groups is 1. The van der Waals surface area contributed by atoms with Gasteiger partial charge in [-0.2, -0.15) is 0 Å². The molecule has 0 radical (unpaired) electrons. The predicted molar refractivity (Wildman–Crippen MR) is 43.7 cm³/mol. The van der Waals surface area contributed by atoms with Crippen molar-refractivity contribution in [1.82, 2.24) is 10.4 Å². The molecule has 2 atom stereocenters. The van der Waals surface area contributed by atoms with Gasteiger partial charge in [0.2, 0.25) is 0 Å². The average Bonchev–Trinajstić information content (AvgIpc) is 2.47. The highest BCUT2D eigenvalue weighted by Gasteiger charge is 2.33. The lowest BCUT2D eigenvalue weighted by Gasteiger charge is -2.21. The van der Waals surface area contributed by atoms with Crippen molar-refractivity contribution < 1.29 is 19.8 Å². The number of β-amino-alcohol motifs (C(OH)–C–C–N with tert-alkyl or cyclic N) is 1. The van der Waals surface area contributed by atoms with Crippen molar-refractivity contribution in [3.63, 3.8) is 0 Å². The van der Waals surface area contributed by atoms with Gasteiger partial charge in [0.1, 0.15) is 0 Å². The molecule has 0 aromatic carbocycles. The molecule has 0 aliphatic carbocycles. The van der Waals surface area contributed by atoms with Crippen LogP contribution in [0.2, 0.25) is 0 Å². The highest BCUT2D eigenvalue weighted by molar-refractivity contribution is 5.73. The SMILES string of the molecule is CONC(=O)N1C[C@@H](O)C[C@H]1CO. The number of nitrogens with one attached hydrogen (secondary N) is 1. The molecule has 1 aliphatic heterocycles. The summed E-state index contributed by atoms with van der Waals surface area (Å²) in [4.78, 5) is 17.0. The molecule has 0 saturated carbocycles. The van der Waals surface area contributed by atoms with E-state index < -0.39 is 12.1 Å². The van der Waals surface area contributed by atoms with Crippen molar-refractivity contribution in [2.75, 3.05) is 20.3 Å². The summed E-state index contributed by atoms with van der Waals surface area (Å²) in [5, 5.41) is 18.1. The summed E-state index contributed by atoms with van der Waals surface area (Å²) in [6.07, 6.45) is -0.145. The number of likely N-dealkylation sites (tertiary alicyclic amines) is 1. The van der Waals surface area contributed by atoms with Gasteiger partial charge < -0.3 is 15.1 Å². The Labute approximate surface area is 76.1 Å². The van der Waals surface area contributed by atoms with Gasteiger partial charge in [0, 0.05) is 6.54 Å². The van der Waals surface area contributed by atoms with Gasteiger partial charge in [-0.1, -0.05) is 0 Å². The fourth-order valence-electron chi connectivity index (χ4n) is 1.46. The maximum atomic E-state index is 11.2. The molecule has 6 nitrogen and oxygen atoms in total. The number of hydrogen-bond donors (Lipinski definition) is 3. The largest absolute Gasteiger partial charge is 0.394 e. The van der Waals surface area contributed by atoms with Crippen LogP contribution in [0, 0.1) is 0 Å². The quantitative estimate of drug-likeness (QED) is 0.472. The Bertz CT molecular complexity index is 187. The summed E-state index contributed by atoms with van der Waals surface area (Å²) in [7, 11) is 1.33. The lowest BCUT2D eigenvalue weighted by molar-refractivity contribution is 0.0762. The number of rotatable bonds is 2. The van der Waals surface area contributed by atoms with Crippen LogP contribution in [0.3, 0.4) is 0 Å². The summed E-state index contributed by atoms with van der Waals surface area (Å²) in [6.45, 7) is 0.0919. The van der Waals surface area contributed by atoms with Gasteiger partial charge in [-0.05, 0) is 6.42 Å². The monoisotopic (exact) mass is 190 g/mol. The highest BCUT2D eigenvalue weighted by Crippen LogP contribution is 2.16. The van der Waals surface area contributed by atoms with Gasteiger partial charge in [0.25, 0.3) is 0 Å². The second-order valence-electron chi connectivity index (χ2n) is 2.99. The molecular formula is C7H14N2O4. The molecule has 0 unspecified atom stereocenters. The van der Waals surface area contributed by atoms with E-state index in [2.05, 4.69) is 10.3 Å². The lowest BCUT2D eigenvalue weighted by atomic mass is 10.2. The molecule has 1 saturated heterocycles. The third-order valence-electron chi connectivity index (χ3n) is 2.05. The topological polar surface area (TPSA) is 82.0 Å². The van der Waals surface area contributed by atoms with E-state index in [0.717, 1.165) is 0 Å². The summed E-state index contributed by atoms with van der Waals surface area (Å²) in [6, 6.07) is -0.747. The van der Waals surface area contributed by atoms with Gasteiger partial charge in [0.15, 0.2) is 0 Å². The number of amides is 2. The third-order valence-corrected chi connectivity index (χ3v) is 2.05. The van der Waals surface area contributed by atoms with Crippen LogP contribution >= 0.6 is 0 Å². The maximum Gasteiger partial charge on any atom is 0.341 e. The van der Waals surface area contributed by atoms with E-state index in [9.17, 15) is 9.90 Å². The molecule has 6 heteroatoms. The number of urea groups is 1. The molecule has 0 spiro atoms. The summed E-state index contributed by atoms with van der Waals surface area (Å²) in [5.41, 5.74) is 2.14. The second kappa shape index (κ2) is 4.40. The van der Waals surface area contributed by atoms with Crippen LogP contribution < -0.4 is 5.48 Å². The van der Waals surface area contributed by atoms with Crippen LogP contribution in [0.1, 0.15) is 6.42 Å². The van der Waals surface area contributed by atoms with E-state index in [0.29, 0.717) is 6.42 Å². The van der Waals surface area contributed by atoms with Crippen LogP contribution in [-0.4, -0.2) is 53.6 Å². The number of hydrogen-bond acceptors (Lipinski definition) is 4. The molecule has 1 heterocycles. The van der Waals surface area contributed by atoms with Gasteiger partial charge in [0.05, 0.1) is 25.9 Å². The first-order chi connectivity index (χ1) is 6.19. The fraction of sp³-hybridized carbons (Fsp3) is 0.857. The Morgan fingerprint density at radius 3 is 3.00 bits per heavy atom. The molecule has 76 valence electrons. The summed E-state index contributed by atoms with van der Waals surface area (Å²) >= 11 is 0. The predicted octanol–water partition coefficient (Wildman–Crippen LogP) is -1.32. The van der Waals surface area contributed by atoms with Gasteiger partial charge in [-0.3, -0.25) is 4.84 Å². The van der Waals surface area contributed by atoms with Crippen molar-refractivity contribution >= 4 is 6.03 Å². The van der Waals surface area contributed by atoms with Crippen LogP contribution in [0.15, 0.2) is 0 Å². The number of nitrogens with zero attached hydrogens (tertiary/aromatic N) is 1. The molecule has 1 fully saturated rings. The van der Waals surface area contributed by atoms with Gasteiger partial charge >= 0.3 is 6.03 Å². The highest BCUT2D eigenvalue weighted by atomic mass is 16.6. The number of aliphatic hydroxyl groups is 2. The first-order valence-corrected chi connectivity index (χ1v) is 4.07. The normalized spacial score (nSPS) is 27.8. The maximum absolute atomic E-state index is 11.2. The van der Waals surface area contributed by atoms with Crippen molar-refractivity contribution in [2.24, 2.45) is 0 Å². The third kappa shape index (κ3) is 2.30. The summed E-state index contributed by atoms with van der Waals surface area (Å²) in [5.74, 6) is 0. The number of carbonyl (C=O) groups excluding carboxylic acids is 1. The zero-order valence-electron chi connectivity index (χ0n) is 7.43. The molecule has 0 aromatic heterocycles. The Kier molecular flexibility index (Phi) is 3.47. The van der Waals surface area contributed by atoms with Crippen LogP contribution in [0.25, 0.3) is 0 Å². The molecule has 1 rings (SSSR count). The second-order valence-corrected chi connectivity index (χ2v) is 2.99. The molecule has 3 N–H and O–H groups in total. The Balaban J connectivity index is 2.52. The Hall–Kier alpha value is -0.850. The fourth-order valence-corrected chi connectivity index (χ4v) is 1.46. The first-order valence-electron chi connectivity index (χ1n) is 4.07.